The van der Waals surface area contributed by atoms with Crippen molar-refractivity contribution >= 4 is 0 Å². The van der Waals surface area contributed by atoms with Gasteiger partial charge in [-0.3, -0.25) is 0 Å². The van der Waals surface area contributed by atoms with Crippen LogP contribution in [0.15, 0.2) is 23.6 Å². The molecule has 2 fully saturated rings. The van der Waals surface area contributed by atoms with Crippen molar-refractivity contribution in [2.24, 2.45) is 34.5 Å². The first-order chi connectivity index (χ1) is 10.9. The van der Waals surface area contributed by atoms with Crippen molar-refractivity contribution < 1.29 is 9.50 Å². The van der Waals surface area contributed by atoms with Crippen molar-refractivity contribution in [3.63, 3.8) is 0 Å². The Kier molecular flexibility index (Phi) is 3.58. The molecule has 0 saturated heterocycles. The quantitative estimate of drug-likeness (QED) is 0.641. The van der Waals surface area contributed by atoms with Crippen molar-refractivity contribution in [2.45, 2.75) is 71.8 Å². The Labute approximate surface area is 140 Å². The minimum Gasteiger partial charge on any atom is -0.393 e. The standard InChI is InChI=1S/C21H31FO/c1-13(23)17-6-7-18-16-5-4-14-12-15(22)8-10-20(14,2)19(16)9-11-21(17,18)3/h4,8,13,16-19,23H,5-7,9-12H2,1-3H3/t13?,16?,17?,18?,19?,20-,21?/m0/s1. The molecule has 1 nitrogen and oxygen atoms in total. The van der Waals surface area contributed by atoms with Gasteiger partial charge >= 0.3 is 0 Å². The molecule has 0 aromatic rings. The first-order valence-electron chi connectivity index (χ1n) is 9.58. The summed E-state index contributed by atoms with van der Waals surface area (Å²) in [5.41, 5.74) is 1.86. The van der Waals surface area contributed by atoms with E-state index in [-0.39, 0.29) is 17.3 Å². The van der Waals surface area contributed by atoms with Crippen LogP contribution >= 0.6 is 0 Å². The molecule has 0 aliphatic heterocycles. The van der Waals surface area contributed by atoms with Crippen molar-refractivity contribution in [3.8, 4) is 0 Å². The van der Waals surface area contributed by atoms with Crippen LogP contribution in [-0.4, -0.2) is 11.2 Å². The lowest BCUT2D eigenvalue weighted by atomic mass is 9.48. The second-order valence-electron chi connectivity index (χ2n) is 9.26. The lowest BCUT2D eigenvalue weighted by Gasteiger charge is -2.57. The second kappa shape index (κ2) is 5.18. The molecule has 0 aromatic carbocycles. The summed E-state index contributed by atoms with van der Waals surface area (Å²) in [5.74, 6) is 2.72. The van der Waals surface area contributed by atoms with Gasteiger partial charge in [0.05, 0.1) is 6.10 Å². The third-order valence-electron chi connectivity index (χ3n) is 8.39. The Balaban J connectivity index is 1.66. The van der Waals surface area contributed by atoms with Crippen LogP contribution in [0.1, 0.15) is 65.7 Å². The highest BCUT2D eigenvalue weighted by atomic mass is 19.1. The van der Waals surface area contributed by atoms with Gasteiger partial charge in [0.2, 0.25) is 0 Å². The Morgan fingerprint density at radius 2 is 1.96 bits per heavy atom. The van der Waals surface area contributed by atoms with Gasteiger partial charge in [-0.05, 0) is 80.0 Å². The van der Waals surface area contributed by atoms with Crippen molar-refractivity contribution in [1.29, 1.82) is 0 Å². The van der Waals surface area contributed by atoms with Gasteiger partial charge in [0.1, 0.15) is 5.83 Å². The van der Waals surface area contributed by atoms with Crippen LogP contribution in [0.3, 0.4) is 0 Å². The normalized spacial score (nSPS) is 50.3. The molecule has 6 unspecified atom stereocenters. The van der Waals surface area contributed by atoms with E-state index in [1.807, 2.05) is 13.0 Å². The lowest BCUT2D eigenvalue weighted by Crippen LogP contribution is -2.50. The molecule has 7 atom stereocenters. The maximum atomic E-state index is 13.8. The summed E-state index contributed by atoms with van der Waals surface area (Å²) in [6.07, 6.45) is 11.6. The van der Waals surface area contributed by atoms with Gasteiger partial charge < -0.3 is 5.11 Å². The van der Waals surface area contributed by atoms with Crippen LogP contribution in [0.25, 0.3) is 0 Å². The fourth-order valence-electron chi connectivity index (χ4n) is 7.12. The monoisotopic (exact) mass is 318 g/mol. The molecule has 0 amide bonds. The smallest absolute Gasteiger partial charge is 0.100 e. The topological polar surface area (TPSA) is 20.2 Å². The molecule has 128 valence electrons. The molecule has 0 bridgehead atoms. The molecule has 4 aliphatic carbocycles. The van der Waals surface area contributed by atoms with E-state index in [9.17, 15) is 9.50 Å². The lowest BCUT2D eigenvalue weighted by molar-refractivity contribution is -0.0579. The summed E-state index contributed by atoms with van der Waals surface area (Å²) in [4.78, 5) is 0. The second-order valence-corrected chi connectivity index (χ2v) is 9.26. The van der Waals surface area contributed by atoms with Gasteiger partial charge in [0, 0.05) is 6.42 Å². The third kappa shape index (κ3) is 2.13. The summed E-state index contributed by atoms with van der Waals surface area (Å²) in [6.45, 7) is 6.82. The minimum atomic E-state index is -0.182. The number of allylic oxidation sites excluding steroid dienone is 4. The minimum absolute atomic E-state index is 0.0721. The Bertz CT molecular complexity index is 562. The van der Waals surface area contributed by atoms with E-state index in [1.54, 1.807) is 0 Å². The van der Waals surface area contributed by atoms with Gasteiger partial charge in [0.15, 0.2) is 0 Å². The number of rotatable bonds is 1. The average Bonchev–Trinajstić information content (AvgIpc) is 2.85. The summed E-state index contributed by atoms with van der Waals surface area (Å²) >= 11 is 0. The maximum absolute atomic E-state index is 13.8. The molecule has 0 spiro atoms. The predicted molar refractivity (Wildman–Crippen MR) is 91.4 cm³/mol. The van der Waals surface area contributed by atoms with Gasteiger partial charge in [-0.1, -0.05) is 31.6 Å². The first-order valence-corrected chi connectivity index (χ1v) is 9.58. The molecule has 0 radical (unpaired) electrons. The van der Waals surface area contributed by atoms with Crippen molar-refractivity contribution in [1.82, 2.24) is 0 Å². The van der Waals surface area contributed by atoms with E-state index in [0.29, 0.717) is 23.7 Å². The van der Waals surface area contributed by atoms with Crippen LogP contribution in [0.2, 0.25) is 0 Å². The number of hydrogen-bond acceptors (Lipinski definition) is 1. The number of aliphatic hydroxyl groups is 1. The van der Waals surface area contributed by atoms with Crippen LogP contribution < -0.4 is 0 Å². The average molecular weight is 318 g/mol. The Hall–Kier alpha value is -0.630. The zero-order valence-electron chi connectivity index (χ0n) is 14.8. The highest BCUT2D eigenvalue weighted by Crippen LogP contribution is 2.66. The van der Waals surface area contributed by atoms with Crippen LogP contribution in [0.4, 0.5) is 4.39 Å². The number of halogens is 1. The van der Waals surface area contributed by atoms with E-state index in [1.165, 1.54) is 31.3 Å². The van der Waals surface area contributed by atoms with E-state index in [0.717, 1.165) is 24.7 Å². The molecule has 2 saturated carbocycles. The van der Waals surface area contributed by atoms with Crippen LogP contribution in [-0.2, 0) is 0 Å². The largest absolute Gasteiger partial charge is 0.393 e. The highest BCUT2D eigenvalue weighted by molar-refractivity contribution is 5.30. The predicted octanol–water partition coefficient (Wildman–Crippen LogP) is 5.41. The van der Waals surface area contributed by atoms with Crippen LogP contribution in [0, 0.1) is 34.5 Å². The van der Waals surface area contributed by atoms with E-state index >= 15 is 0 Å². The molecule has 23 heavy (non-hydrogen) atoms. The molecule has 4 aliphatic rings. The molecule has 0 heterocycles. The molecular weight excluding hydrogens is 287 g/mol. The summed E-state index contributed by atoms with van der Waals surface area (Å²) < 4.78 is 13.8. The van der Waals surface area contributed by atoms with E-state index in [2.05, 4.69) is 19.9 Å². The highest BCUT2D eigenvalue weighted by Gasteiger charge is 2.58. The first kappa shape index (κ1) is 15.9. The maximum Gasteiger partial charge on any atom is 0.100 e. The number of hydrogen-bond donors (Lipinski definition) is 1. The zero-order chi connectivity index (χ0) is 16.4. The molecule has 0 aromatic heterocycles. The SMILES string of the molecule is CC(O)C1CCC2C3CC=C4CC(F)=CC[C@]4(C)C3CCC12C. The fraction of sp³-hybridized carbons (Fsp3) is 0.810. The van der Waals surface area contributed by atoms with Gasteiger partial charge in [0.25, 0.3) is 0 Å². The van der Waals surface area contributed by atoms with Crippen LogP contribution in [0.5, 0.6) is 0 Å². The van der Waals surface area contributed by atoms with Crippen molar-refractivity contribution in [2.75, 3.05) is 0 Å². The molecule has 4 rings (SSSR count). The van der Waals surface area contributed by atoms with E-state index < -0.39 is 0 Å². The summed E-state index contributed by atoms with van der Waals surface area (Å²) in [6, 6.07) is 0. The third-order valence-corrected chi connectivity index (χ3v) is 8.39. The molecular formula is C21H31FO. The summed E-state index contributed by atoms with van der Waals surface area (Å²) in [7, 11) is 0. The zero-order valence-corrected chi connectivity index (χ0v) is 14.8. The van der Waals surface area contributed by atoms with Gasteiger partial charge in [-0.25, -0.2) is 4.39 Å². The van der Waals surface area contributed by atoms with Gasteiger partial charge in [-0.2, -0.15) is 0 Å². The molecule has 1 N–H and O–H groups in total. The Morgan fingerprint density at radius 3 is 2.70 bits per heavy atom. The van der Waals surface area contributed by atoms with Gasteiger partial charge in [-0.15, -0.1) is 0 Å². The molecule has 2 heteroatoms. The van der Waals surface area contributed by atoms with Crippen molar-refractivity contribution in [3.05, 3.63) is 23.6 Å². The number of aliphatic hydroxyl groups excluding tert-OH is 1. The van der Waals surface area contributed by atoms with E-state index in [4.69, 9.17) is 0 Å². The number of fused-ring (bicyclic) bond motifs is 5. The Morgan fingerprint density at radius 1 is 1.17 bits per heavy atom. The summed E-state index contributed by atoms with van der Waals surface area (Å²) in [5, 5.41) is 10.3. The fourth-order valence-corrected chi connectivity index (χ4v) is 7.12.